The minimum atomic E-state index is 0.875. The first-order chi connectivity index (χ1) is 8.19. The van der Waals surface area contributed by atoms with Gasteiger partial charge in [0.25, 0.3) is 0 Å². The Hall–Kier alpha value is -0.540. The maximum absolute atomic E-state index is 5.25. The molecule has 1 saturated heterocycles. The third-order valence-electron chi connectivity index (χ3n) is 3.53. The van der Waals surface area contributed by atoms with Gasteiger partial charge in [-0.1, -0.05) is 6.92 Å². The maximum Gasteiger partial charge on any atom is 0.133 e. The van der Waals surface area contributed by atoms with E-state index in [9.17, 15) is 0 Å². The van der Waals surface area contributed by atoms with Gasteiger partial charge in [0.1, 0.15) is 12.3 Å². The first kappa shape index (κ1) is 12.9. The summed E-state index contributed by atoms with van der Waals surface area (Å²) < 4.78 is 6.31. The molecule has 3 heteroatoms. The fraction of sp³-hybridized carbons (Fsp3) is 0.571. The van der Waals surface area contributed by atoms with Crippen molar-refractivity contribution < 1.29 is 9.64 Å². The molecule has 0 saturated carbocycles. The zero-order valence-corrected chi connectivity index (χ0v) is 12.2. The molecule has 2 atom stereocenters. The molecule has 1 N–H and O–H groups in total. The highest BCUT2D eigenvalue weighted by atomic mass is 79.9. The maximum atomic E-state index is 5.25. The van der Waals surface area contributed by atoms with E-state index in [1.807, 2.05) is 6.07 Å². The number of ether oxygens (including phenoxy) is 1. The predicted molar refractivity (Wildman–Crippen MR) is 73.5 cm³/mol. The fourth-order valence-electron chi connectivity index (χ4n) is 2.67. The molecule has 0 amide bonds. The van der Waals surface area contributed by atoms with Gasteiger partial charge in [0, 0.05) is 11.5 Å². The van der Waals surface area contributed by atoms with Crippen LogP contribution >= 0.6 is 15.9 Å². The second kappa shape index (κ2) is 5.87. The summed E-state index contributed by atoms with van der Waals surface area (Å²) >= 11 is 3.55. The molecule has 0 radical (unpaired) electrons. The average Bonchev–Trinajstić information content (AvgIpc) is 2.29. The number of piperidine rings is 1. The van der Waals surface area contributed by atoms with E-state index in [4.69, 9.17) is 4.74 Å². The van der Waals surface area contributed by atoms with Crippen LogP contribution in [-0.2, 0) is 6.54 Å². The molecule has 0 bridgehead atoms. The van der Waals surface area contributed by atoms with Crippen LogP contribution in [0.15, 0.2) is 22.7 Å². The molecule has 1 aromatic rings. The minimum absolute atomic E-state index is 0.875. The molecular formula is C14H21BrNO+. The molecule has 0 spiro atoms. The van der Waals surface area contributed by atoms with E-state index in [0.717, 1.165) is 22.7 Å². The number of hydrogen-bond acceptors (Lipinski definition) is 1. The summed E-state index contributed by atoms with van der Waals surface area (Å²) in [5.41, 5.74) is 1.39. The SMILES string of the molecule is COc1ccc(C[NH+]2CCC[C@@H](C)C2)cc1Br. The molecule has 0 aliphatic carbocycles. The van der Waals surface area contributed by atoms with Crippen LogP contribution in [0.25, 0.3) is 0 Å². The van der Waals surface area contributed by atoms with Gasteiger partial charge >= 0.3 is 0 Å². The van der Waals surface area contributed by atoms with Crippen molar-refractivity contribution in [3.8, 4) is 5.75 Å². The van der Waals surface area contributed by atoms with Gasteiger partial charge in [-0.05, 0) is 47.0 Å². The van der Waals surface area contributed by atoms with E-state index >= 15 is 0 Å². The average molecular weight is 299 g/mol. The van der Waals surface area contributed by atoms with Crippen LogP contribution < -0.4 is 9.64 Å². The van der Waals surface area contributed by atoms with E-state index in [1.54, 1.807) is 12.0 Å². The van der Waals surface area contributed by atoms with Gasteiger partial charge in [0.05, 0.1) is 24.7 Å². The molecule has 2 rings (SSSR count). The van der Waals surface area contributed by atoms with Crippen molar-refractivity contribution in [2.75, 3.05) is 20.2 Å². The normalized spacial score (nSPS) is 24.6. The molecule has 1 unspecified atom stereocenters. The number of rotatable bonds is 3. The van der Waals surface area contributed by atoms with Gasteiger partial charge in [-0.3, -0.25) is 0 Å². The van der Waals surface area contributed by atoms with Gasteiger partial charge in [-0.15, -0.1) is 0 Å². The van der Waals surface area contributed by atoms with Crippen molar-refractivity contribution in [2.45, 2.75) is 26.3 Å². The third-order valence-corrected chi connectivity index (χ3v) is 4.15. The molecule has 1 heterocycles. The largest absolute Gasteiger partial charge is 0.496 e. The topological polar surface area (TPSA) is 13.7 Å². The van der Waals surface area contributed by atoms with Gasteiger partial charge in [-0.25, -0.2) is 0 Å². The minimum Gasteiger partial charge on any atom is -0.496 e. The summed E-state index contributed by atoms with van der Waals surface area (Å²) in [5.74, 6) is 1.79. The van der Waals surface area contributed by atoms with Crippen molar-refractivity contribution in [2.24, 2.45) is 5.92 Å². The molecule has 94 valence electrons. The van der Waals surface area contributed by atoms with E-state index in [0.29, 0.717) is 0 Å². The van der Waals surface area contributed by atoms with Gasteiger partial charge in [0.2, 0.25) is 0 Å². The summed E-state index contributed by atoms with van der Waals surface area (Å²) in [6.07, 6.45) is 2.77. The number of methoxy groups -OCH3 is 1. The Morgan fingerprint density at radius 3 is 2.94 bits per heavy atom. The standard InChI is InChI=1S/C14H20BrNO/c1-11-4-3-7-16(9-11)10-12-5-6-14(17-2)13(15)8-12/h5-6,8,11H,3-4,7,9-10H2,1-2H3/p+1/t11-/m1/s1. The monoisotopic (exact) mass is 298 g/mol. The molecular weight excluding hydrogens is 278 g/mol. The first-order valence-electron chi connectivity index (χ1n) is 6.35. The highest BCUT2D eigenvalue weighted by Gasteiger charge is 2.19. The number of likely N-dealkylation sites (tertiary alicyclic amines) is 1. The summed E-state index contributed by atoms with van der Waals surface area (Å²) in [6.45, 7) is 6.12. The number of quaternary nitrogens is 1. The Morgan fingerprint density at radius 1 is 1.47 bits per heavy atom. The van der Waals surface area contributed by atoms with Crippen molar-refractivity contribution in [3.63, 3.8) is 0 Å². The van der Waals surface area contributed by atoms with Crippen LogP contribution in [-0.4, -0.2) is 20.2 Å². The summed E-state index contributed by atoms with van der Waals surface area (Å²) in [4.78, 5) is 1.71. The molecule has 17 heavy (non-hydrogen) atoms. The summed E-state index contributed by atoms with van der Waals surface area (Å²) in [5, 5.41) is 0. The van der Waals surface area contributed by atoms with Crippen molar-refractivity contribution in [1.29, 1.82) is 0 Å². The number of halogens is 1. The quantitative estimate of drug-likeness (QED) is 0.904. The molecule has 1 fully saturated rings. The van der Waals surface area contributed by atoms with Crippen molar-refractivity contribution in [1.82, 2.24) is 0 Å². The highest BCUT2D eigenvalue weighted by Crippen LogP contribution is 2.25. The molecule has 1 aromatic carbocycles. The highest BCUT2D eigenvalue weighted by molar-refractivity contribution is 9.10. The van der Waals surface area contributed by atoms with Crippen LogP contribution in [0.2, 0.25) is 0 Å². The van der Waals surface area contributed by atoms with Crippen LogP contribution in [0.4, 0.5) is 0 Å². The van der Waals surface area contributed by atoms with Crippen LogP contribution in [0.5, 0.6) is 5.75 Å². The smallest absolute Gasteiger partial charge is 0.133 e. The zero-order valence-electron chi connectivity index (χ0n) is 10.6. The van der Waals surface area contributed by atoms with Gasteiger partial charge < -0.3 is 9.64 Å². The summed E-state index contributed by atoms with van der Waals surface area (Å²) in [7, 11) is 1.71. The lowest BCUT2D eigenvalue weighted by molar-refractivity contribution is -0.922. The second-order valence-electron chi connectivity index (χ2n) is 5.10. The van der Waals surface area contributed by atoms with E-state index < -0.39 is 0 Å². The zero-order chi connectivity index (χ0) is 12.3. The third kappa shape index (κ3) is 3.46. The molecule has 1 aliphatic rings. The number of benzene rings is 1. The number of hydrogen-bond donors (Lipinski definition) is 1. The lowest BCUT2D eigenvalue weighted by atomic mass is 10.00. The van der Waals surface area contributed by atoms with Gasteiger partial charge in [0.15, 0.2) is 0 Å². The van der Waals surface area contributed by atoms with E-state index in [-0.39, 0.29) is 0 Å². The first-order valence-corrected chi connectivity index (χ1v) is 7.14. The van der Waals surface area contributed by atoms with E-state index in [2.05, 4.69) is 35.0 Å². The molecule has 0 aromatic heterocycles. The Bertz CT molecular complexity index is 380. The van der Waals surface area contributed by atoms with E-state index in [1.165, 1.54) is 31.5 Å². The molecule has 1 aliphatic heterocycles. The van der Waals surface area contributed by atoms with Crippen LogP contribution in [0.1, 0.15) is 25.3 Å². The fourth-order valence-corrected chi connectivity index (χ4v) is 3.25. The number of nitrogens with one attached hydrogen (secondary N) is 1. The van der Waals surface area contributed by atoms with Gasteiger partial charge in [-0.2, -0.15) is 0 Å². The van der Waals surface area contributed by atoms with Crippen molar-refractivity contribution in [3.05, 3.63) is 28.2 Å². The van der Waals surface area contributed by atoms with Crippen LogP contribution in [0.3, 0.4) is 0 Å². The lowest BCUT2D eigenvalue weighted by Gasteiger charge is -2.28. The Morgan fingerprint density at radius 2 is 2.29 bits per heavy atom. The Kier molecular flexibility index (Phi) is 4.46. The second-order valence-corrected chi connectivity index (χ2v) is 5.95. The van der Waals surface area contributed by atoms with Crippen LogP contribution in [0, 0.1) is 5.92 Å². The Balaban J connectivity index is 2.00. The molecule has 2 nitrogen and oxygen atoms in total. The predicted octanol–water partition coefficient (Wildman–Crippen LogP) is 2.27. The Labute approximate surface area is 112 Å². The van der Waals surface area contributed by atoms with Crippen molar-refractivity contribution >= 4 is 15.9 Å². The lowest BCUT2D eigenvalue weighted by Crippen LogP contribution is -3.12. The summed E-state index contributed by atoms with van der Waals surface area (Å²) in [6, 6.07) is 6.41.